The third-order valence-electron chi connectivity index (χ3n) is 3.56. The highest BCUT2D eigenvalue weighted by Crippen LogP contribution is 2.00. The minimum Gasteiger partial charge on any atom is -0.312 e. The summed E-state index contributed by atoms with van der Waals surface area (Å²) in [5.41, 5.74) is 0. The van der Waals surface area contributed by atoms with Gasteiger partial charge in [-0.05, 0) is 60.4 Å². The van der Waals surface area contributed by atoms with Crippen molar-refractivity contribution in [2.24, 2.45) is 0 Å². The van der Waals surface area contributed by atoms with Crippen LogP contribution in [-0.4, -0.2) is 62.7 Å². The van der Waals surface area contributed by atoms with E-state index in [1.54, 1.807) is 0 Å². The zero-order valence-electron chi connectivity index (χ0n) is 12.8. The zero-order chi connectivity index (χ0) is 13.3. The van der Waals surface area contributed by atoms with Crippen LogP contribution in [0, 0.1) is 0 Å². The highest BCUT2D eigenvalue weighted by molar-refractivity contribution is 4.70. The third-order valence-corrected chi connectivity index (χ3v) is 3.56. The fourth-order valence-electron chi connectivity index (χ4n) is 1.93. The van der Waals surface area contributed by atoms with Gasteiger partial charge in [0, 0.05) is 18.6 Å². The van der Waals surface area contributed by atoms with Crippen molar-refractivity contribution in [3.8, 4) is 0 Å². The molecule has 0 spiro atoms. The molecule has 0 aromatic heterocycles. The molecule has 1 atom stereocenters. The van der Waals surface area contributed by atoms with Crippen LogP contribution in [-0.2, 0) is 0 Å². The lowest BCUT2D eigenvalue weighted by molar-refractivity contribution is 0.230. The van der Waals surface area contributed by atoms with Gasteiger partial charge in [-0.15, -0.1) is 0 Å². The minimum absolute atomic E-state index is 0.623. The molecule has 0 heterocycles. The second kappa shape index (κ2) is 9.86. The minimum atomic E-state index is 0.623. The summed E-state index contributed by atoms with van der Waals surface area (Å²) in [6, 6.07) is 1.31. The van der Waals surface area contributed by atoms with Crippen molar-refractivity contribution in [2.75, 3.05) is 40.8 Å². The Morgan fingerprint density at radius 3 is 2.06 bits per heavy atom. The van der Waals surface area contributed by atoms with E-state index in [0.717, 1.165) is 6.54 Å². The molecule has 0 saturated carbocycles. The van der Waals surface area contributed by atoms with E-state index in [0.29, 0.717) is 12.1 Å². The average Bonchev–Trinajstić information content (AvgIpc) is 2.29. The van der Waals surface area contributed by atoms with Crippen LogP contribution in [0.1, 0.15) is 40.0 Å². The monoisotopic (exact) mass is 243 g/mol. The molecule has 0 fully saturated rings. The summed E-state index contributed by atoms with van der Waals surface area (Å²) in [5.74, 6) is 0. The first-order chi connectivity index (χ1) is 8.01. The number of nitrogens with zero attached hydrogens (tertiary/aromatic N) is 2. The highest BCUT2D eigenvalue weighted by Gasteiger charge is 2.10. The van der Waals surface area contributed by atoms with Crippen LogP contribution in [0.5, 0.6) is 0 Å². The summed E-state index contributed by atoms with van der Waals surface area (Å²) < 4.78 is 0. The summed E-state index contributed by atoms with van der Waals surface area (Å²) >= 11 is 0. The standard InChI is InChI=1S/C14H33N3/c1-7-14(8-2)15-12-13(3)17(6)11-9-10-16(4)5/h13-15H,7-12H2,1-6H3. The van der Waals surface area contributed by atoms with Crippen LogP contribution in [0.15, 0.2) is 0 Å². The zero-order valence-corrected chi connectivity index (χ0v) is 12.8. The second-order valence-corrected chi connectivity index (χ2v) is 5.41. The molecule has 0 rings (SSSR count). The Morgan fingerprint density at radius 2 is 1.59 bits per heavy atom. The third kappa shape index (κ3) is 8.58. The largest absolute Gasteiger partial charge is 0.312 e. The van der Waals surface area contributed by atoms with E-state index in [1.807, 2.05) is 0 Å². The van der Waals surface area contributed by atoms with E-state index in [9.17, 15) is 0 Å². The number of nitrogens with one attached hydrogen (secondary N) is 1. The number of hydrogen-bond donors (Lipinski definition) is 1. The number of rotatable bonds is 10. The first-order valence-corrected chi connectivity index (χ1v) is 7.09. The van der Waals surface area contributed by atoms with Gasteiger partial charge in [0.25, 0.3) is 0 Å². The molecule has 0 amide bonds. The second-order valence-electron chi connectivity index (χ2n) is 5.41. The molecule has 17 heavy (non-hydrogen) atoms. The van der Waals surface area contributed by atoms with Gasteiger partial charge in [0.15, 0.2) is 0 Å². The molecule has 0 aromatic rings. The maximum atomic E-state index is 3.65. The molecule has 104 valence electrons. The Hall–Kier alpha value is -0.120. The molecule has 0 aliphatic carbocycles. The first-order valence-electron chi connectivity index (χ1n) is 7.09. The van der Waals surface area contributed by atoms with Crippen molar-refractivity contribution in [1.29, 1.82) is 0 Å². The van der Waals surface area contributed by atoms with Gasteiger partial charge in [0.2, 0.25) is 0 Å². The highest BCUT2D eigenvalue weighted by atomic mass is 15.1. The maximum absolute atomic E-state index is 3.65. The topological polar surface area (TPSA) is 18.5 Å². The molecule has 1 unspecified atom stereocenters. The normalized spacial score (nSPS) is 13.9. The van der Waals surface area contributed by atoms with E-state index >= 15 is 0 Å². The lowest BCUT2D eigenvalue weighted by Crippen LogP contribution is -2.42. The molecular weight excluding hydrogens is 210 g/mol. The number of hydrogen-bond acceptors (Lipinski definition) is 3. The summed E-state index contributed by atoms with van der Waals surface area (Å²) in [6.45, 7) is 10.3. The van der Waals surface area contributed by atoms with E-state index in [2.05, 4.69) is 57.0 Å². The molecule has 3 heteroatoms. The van der Waals surface area contributed by atoms with Crippen molar-refractivity contribution in [1.82, 2.24) is 15.1 Å². The molecule has 0 saturated heterocycles. The lowest BCUT2D eigenvalue weighted by atomic mass is 10.1. The number of likely N-dealkylation sites (N-methyl/N-ethyl adjacent to an activating group) is 1. The van der Waals surface area contributed by atoms with Crippen molar-refractivity contribution in [3.63, 3.8) is 0 Å². The van der Waals surface area contributed by atoms with Crippen molar-refractivity contribution < 1.29 is 0 Å². The predicted octanol–water partition coefficient (Wildman–Crippen LogP) is 2.04. The van der Waals surface area contributed by atoms with Crippen molar-refractivity contribution in [3.05, 3.63) is 0 Å². The van der Waals surface area contributed by atoms with Crippen molar-refractivity contribution in [2.45, 2.75) is 52.1 Å². The molecule has 0 bridgehead atoms. The van der Waals surface area contributed by atoms with Gasteiger partial charge in [-0.25, -0.2) is 0 Å². The molecule has 0 aromatic carbocycles. The molecule has 3 nitrogen and oxygen atoms in total. The lowest BCUT2D eigenvalue weighted by Gasteiger charge is -2.27. The van der Waals surface area contributed by atoms with Gasteiger partial charge in [-0.1, -0.05) is 13.8 Å². The van der Waals surface area contributed by atoms with Crippen LogP contribution in [0.3, 0.4) is 0 Å². The Labute approximate surface area is 109 Å². The summed E-state index contributed by atoms with van der Waals surface area (Å²) in [6.07, 6.45) is 3.71. The Balaban J connectivity index is 3.69. The van der Waals surface area contributed by atoms with E-state index < -0.39 is 0 Å². The Morgan fingerprint density at radius 1 is 1.00 bits per heavy atom. The predicted molar refractivity (Wildman–Crippen MR) is 77.6 cm³/mol. The van der Waals surface area contributed by atoms with E-state index in [-0.39, 0.29) is 0 Å². The van der Waals surface area contributed by atoms with Gasteiger partial charge >= 0.3 is 0 Å². The average molecular weight is 243 g/mol. The summed E-state index contributed by atoms with van der Waals surface area (Å²) in [4.78, 5) is 4.71. The first kappa shape index (κ1) is 16.9. The van der Waals surface area contributed by atoms with Gasteiger partial charge < -0.3 is 15.1 Å². The van der Waals surface area contributed by atoms with E-state index in [1.165, 1.54) is 32.4 Å². The fraction of sp³-hybridized carbons (Fsp3) is 1.00. The van der Waals surface area contributed by atoms with Gasteiger partial charge in [-0.3, -0.25) is 0 Å². The van der Waals surface area contributed by atoms with Crippen LogP contribution in [0.2, 0.25) is 0 Å². The molecular formula is C14H33N3. The Bertz CT molecular complexity index is 167. The summed E-state index contributed by atoms with van der Waals surface area (Å²) in [7, 11) is 6.51. The summed E-state index contributed by atoms with van der Waals surface area (Å²) in [5, 5.41) is 3.65. The van der Waals surface area contributed by atoms with Gasteiger partial charge in [-0.2, -0.15) is 0 Å². The fourth-order valence-corrected chi connectivity index (χ4v) is 1.93. The van der Waals surface area contributed by atoms with Crippen LogP contribution < -0.4 is 5.32 Å². The Kier molecular flexibility index (Phi) is 9.79. The quantitative estimate of drug-likeness (QED) is 0.633. The molecule has 0 radical (unpaired) electrons. The molecule has 0 aliphatic heterocycles. The van der Waals surface area contributed by atoms with Crippen molar-refractivity contribution >= 4 is 0 Å². The van der Waals surface area contributed by atoms with Crippen LogP contribution in [0.4, 0.5) is 0 Å². The smallest absolute Gasteiger partial charge is 0.0189 e. The van der Waals surface area contributed by atoms with Gasteiger partial charge in [0.1, 0.15) is 0 Å². The SMILES string of the molecule is CCC(CC)NCC(C)N(C)CCCN(C)C. The van der Waals surface area contributed by atoms with Crippen LogP contribution in [0.25, 0.3) is 0 Å². The van der Waals surface area contributed by atoms with E-state index in [4.69, 9.17) is 0 Å². The van der Waals surface area contributed by atoms with Gasteiger partial charge in [0.05, 0.1) is 0 Å². The molecule has 1 N–H and O–H groups in total. The molecule has 0 aliphatic rings. The maximum Gasteiger partial charge on any atom is 0.0189 e. The van der Waals surface area contributed by atoms with Crippen LogP contribution >= 0.6 is 0 Å².